The van der Waals surface area contributed by atoms with Crippen LogP contribution in [-0.4, -0.2) is 59.7 Å². The van der Waals surface area contributed by atoms with Gasteiger partial charge in [-0.15, -0.1) is 0 Å². The quantitative estimate of drug-likeness (QED) is 0.715. The maximum Gasteiger partial charge on any atom is 0.234 e. The number of benzene rings is 1. The topological polar surface area (TPSA) is 71.4 Å². The fourth-order valence-corrected chi connectivity index (χ4v) is 3.50. The molecule has 27 heavy (non-hydrogen) atoms. The van der Waals surface area contributed by atoms with Crippen LogP contribution in [0.1, 0.15) is 23.0 Å². The lowest BCUT2D eigenvalue weighted by Crippen LogP contribution is -2.50. The van der Waals surface area contributed by atoms with E-state index in [4.69, 9.17) is 4.74 Å². The molecule has 1 unspecified atom stereocenters. The smallest absolute Gasteiger partial charge is 0.234 e. The number of aryl methyl sites for hydroxylation is 3. The molecule has 2 N–H and O–H groups in total. The minimum Gasteiger partial charge on any atom is -0.491 e. The highest BCUT2D eigenvalue weighted by Gasteiger charge is 2.28. The van der Waals surface area contributed by atoms with Gasteiger partial charge in [0.2, 0.25) is 5.91 Å². The van der Waals surface area contributed by atoms with Crippen molar-refractivity contribution in [2.24, 2.45) is 7.05 Å². The Balaban J connectivity index is 1.47. The molecule has 0 spiro atoms. The van der Waals surface area contributed by atoms with E-state index in [1.165, 1.54) is 0 Å². The van der Waals surface area contributed by atoms with E-state index in [2.05, 4.69) is 20.5 Å². The maximum absolute atomic E-state index is 12.4. The molecule has 7 heteroatoms. The second-order valence-corrected chi connectivity index (χ2v) is 7.01. The summed E-state index contributed by atoms with van der Waals surface area (Å²) in [6.45, 7) is 7.88. The fraction of sp³-hybridized carbons (Fsp3) is 0.500. The van der Waals surface area contributed by atoms with Crippen molar-refractivity contribution in [3.8, 4) is 5.75 Å². The SMILES string of the molecule is Cc1cccc(C)c1OCCNC(=O)CN1CCNCC1c1nccn1C. The van der Waals surface area contributed by atoms with Crippen molar-refractivity contribution in [3.05, 3.63) is 47.5 Å². The van der Waals surface area contributed by atoms with Gasteiger partial charge >= 0.3 is 0 Å². The normalized spacial score (nSPS) is 17.7. The lowest BCUT2D eigenvalue weighted by molar-refractivity contribution is -0.123. The Labute approximate surface area is 160 Å². The molecule has 1 aromatic carbocycles. The van der Waals surface area contributed by atoms with Crippen LogP contribution in [0.5, 0.6) is 5.75 Å². The molecule has 1 aliphatic heterocycles. The number of rotatable bonds is 7. The summed E-state index contributed by atoms with van der Waals surface area (Å²) < 4.78 is 7.87. The number of carbonyl (C=O) groups is 1. The van der Waals surface area contributed by atoms with Crippen LogP contribution in [0.15, 0.2) is 30.6 Å². The fourth-order valence-electron chi connectivity index (χ4n) is 3.50. The van der Waals surface area contributed by atoms with Gasteiger partial charge in [-0.1, -0.05) is 18.2 Å². The number of hydrogen-bond donors (Lipinski definition) is 2. The van der Waals surface area contributed by atoms with Crippen LogP contribution in [0, 0.1) is 13.8 Å². The maximum atomic E-state index is 12.4. The van der Waals surface area contributed by atoms with Gasteiger partial charge in [-0.3, -0.25) is 9.69 Å². The average Bonchev–Trinajstić information content (AvgIpc) is 3.07. The number of hydrogen-bond acceptors (Lipinski definition) is 5. The third-order valence-electron chi connectivity index (χ3n) is 4.94. The van der Waals surface area contributed by atoms with E-state index in [0.29, 0.717) is 19.7 Å². The number of carbonyl (C=O) groups excluding carboxylic acids is 1. The molecule has 1 saturated heterocycles. The van der Waals surface area contributed by atoms with E-state index in [1.54, 1.807) is 6.20 Å². The minimum atomic E-state index is 0.0150. The lowest BCUT2D eigenvalue weighted by Gasteiger charge is -2.35. The predicted octanol–water partition coefficient (Wildman–Crippen LogP) is 1.18. The highest BCUT2D eigenvalue weighted by Crippen LogP contribution is 2.22. The van der Waals surface area contributed by atoms with Crippen LogP contribution in [-0.2, 0) is 11.8 Å². The Morgan fingerprint density at radius 3 is 2.85 bits per heavy atom. The summed E-state index contributed by atoms with van der Waals surface area (Å²) in [5, 5.41) is 6.35. The summed E-state index contributed by atoms with van der Waals surface area (Å²) in [5.74, 6) is 1.90. The lowest BCUT2D eigenvalue weighted by atomic mass is 10.1. The summed E-state index contributed by atoms with van der Waals surface area (Å²) in [6.07, 6.45) is 3.74. The number of nitrogens with one attached hydrogen (secondary N) is 2. The Hall–Kier alpha value is -2.38. The summed E-state index contributed by atoms with van der Waals surface area (Å²) in [5.41, 5.74) is 2.22. The number of para-hydroxylation sites is 1. The van der Waals surface area contributed by atoms with Crippen LogP contribution in [0.25, 0.3) is 0 Å². The molecule has 1 aromatic heterocycles. The first-order valence-electron chi connectivity index (χ1n) is 9.44. The molecule has 146 valence electrons. The summed E-state index contributed by atoms with van der Waals surface area (Å²) in [4.78, 5) is 19.0. The molecule has 7 nitrogen and oxygen atoms in total. The van der Waals surface area contributed by atoms with Crippen molar-refractivity contribution in [2.45, 2.75) is 19.9 Å². The van der Waals surface area contributed by atoms with Crippen molar-refractivity contribution in [1.82, 2.24) is 25.1 Å². The Kier molecular flexibility index (Phi) is 6.47. The molecule has 0 bridgehead atoms. The van der Waals surface area contributed by atoms with Gasteiger partial charge in [-0.2, -0.15) is 0 Å². The van der Waals surface area contributed by atoms with Gasteiger partial charge in [0.1, 0.15) is 18.2 Å². The van der Waals surface area contributed by atoms with Gasteiger partial charge in [0.05, 0.1) is 19.1 Å². The Morgan fingerprint density at radius 2 is 2.15 bits per heavy atom. The van der Waals surface area contributed by atoms with Crippen molar-refractivity contribution in [2.75, 3.05) is 39.3 Å². The number of nitrogens with zero attached hydrogens (tertiary/aromatic N) is 3. The minimum absolute atomic E-state index is 0.0150. The molecule has 0 aliphatic carbocycles. The van der Waals surface area contributed by atoms with Crippen LogP contribution >= 0.6 is 0 Å². The third-order valence-corrected chi connectivity index (χ3v) is 4.94. The molecule has 1 atom stereocenters. The molecule has 1 fully saturated rings. The summed E-state index contributed by atoms with van der Waals surface area (Å²) in [7, 11) is 1.99. The second-order valence-electron chi connectivity index (χ2n) is 7.01. The van der Waals surface area contributed by atoms with Crippen molar-refractivity contribution < 1.29 is 9.53 Å². The van der Waals surface area contributed by atoms with Gasteiger partial charge in [0.25, 0.3) is 0 Å². The van der Waals surface area contributed by atoms with Crippen LogP contribution < -0.4 is 15.4 Å². The van der Waals surface area contributed by atoms with Crippen molar-refractivity contribution >= 4 is 5.91 Å². The average molecular weight is 371 g/mol. The number of aromatic nitrogens is 2. The predicted molar refractivity (Wildman–Crippen MR) is 105 cm³/mol. The first-order chi connectivity index (χ1) is 13.1. The van der Waals surface area contributed by atoms with Crippen LogP contribution in [0.3, 0.4) is 0 Å². The molecule has 0 radical (unpaired) electrons. The molecular formula is C20H29N5O2. The number of piperazine rings is 1. The monoisotopic (exact) mass is 371 g/mol. The van der Waals surface area contributed by atoms with Crippen molar-refractivity contribution in [1.29, 1.82) is 0 Å². The highest BCUT2D eigenvalue weighted by molar-refractivity contribution is 5.78. The van der Waals surface area contributed by atoms with Gasteiger partial charge in [0.15, 0.2) is 0 Å². The zero-order valence-corrected chi connectivity index (χ0v) is 16.4. The molecule has 3 rings (SSSR count). The van der Waals surface area contributed by atoms with Gasteiger partial charge in [-0.05, 0) is 25.0 Å². The first-order valence-corrected chi connectivity index (χ1v) is 9.44. The van der Waals surface area contributed by atoms with Gasteiger partial charge in [-0.25, -0.2) is 4.98 Å². The molecular weight excluding hydrogens is 342 g/mol. The first kappa shape index (κ1) is 19.4. The number of amides is 1. The number of ether oxygens (including phenoxy) is 1. The summed E-state index contributed by atoms with van der Waals surface area (Å²) >= 11 is 0. The largest absolute Gasteiger partial charge is 0.491 e. The van der Waals surface area contributed by atoms with E-state index in [-0.39, 0.29) is 11.9 Å². The van der Waals surface area contributed by atoms with E-state index < -0.39 is 0 Å². The zero-order valence-electron chi connectivity index (χ0n) is 16.4. The molecule has 1 amide bonds. The molecule has 2 aromatic rings. The standard InChI is InChI=1S/C20H29N5O2/c1-15-5-4-6-16(2)19(15)27-12-9-22-18(26)14-25-11-7-21-13-17(25)20-23-8-10-24(20)3/h4-6,8,10,17,21H,7,9,11-14H2,1-3H3,(H,22,26). The van der Waals surface area contributed by atoms with Crippen LogP contribution in [0.2, 0.25) is 0 Å². The van der Waals surface area contributed by atoms with E-state index in [1.807, 2.05) is 49.9 Å². The zero-order chi connectivity index (χ0) is 19.2. The van der Waals surface area contributed by atoms with Crippen molar-refractivity contribution in [3.63, 3.8) is 0 Å². The van der Waals surface area contributed by atoms with E-state index in [0.717, 1.165) is 42.3 Å². The third kappa shape index (κ3) is 4.87. The van der Waals surface area contributed by atoms with E-state index in [9.17, 15) is 4.79 Å². The number of imidazole rings is 1. The summed E-state index contributed by atoms with van der Waals surface area (Å²) in [6, 6.07) is 6.19. The molecule has 1 aliphatic rings. The molecule has 2 heterocycles. The van der Waals surface area contributed by atoms with E-state index >= 15 is 0 Å². The van der Waals surface area contributed by atoms with Gasteiger partial charge in [0, 0.05) is 39.1 Å². The molecule has 0 saturated carbocycles. The van der Waals surface area contributed by atoms with Crippen LogP contribution in [0.4, 0.5) is 0 Å². The second kappa shape index (κ2) is 9.01. The Bertz CT molecular complexity index is 753. The Morgan fingerprint density at radius 1 is 1.37 bits per heavy atom. The highest BCUT2D eigenvalue weighted by atomic mass is 16.5. The van der Waals surface area contributed by atoms with Gasteiger partial charge < -0.3 is 19.9 Å².